The Kier molecular flexibility index (Phi) is 5.21. The van der Waals surface area contributed by atoms with Gasteiger partial charge in [-0.15, -0.1) is 0 Å². The number of likely N-dealkylation sites (tertiary alicyclic amines) is 1. The van der Waals surface area contributed by atoms with Gasteiger partial charge in [0.25, 0.3) is 0 Å². The first-order valence-corrected chi connectivity index (χ1v) is 5.63. The van der Waals surface area contributed by atoms with Crippen LogP contribution in [0.4, 0.5) is 4.79 Å². The summed E-state index contributed by atoms with van der Waals surface area (Å²) in [5.41, 5.74) is 4.82. The lowest BCUT2D eigenvalue weighted by atomic mass is 10.3. The molecule has 1 unspecified atom stereocenters. The molecule has 3 amide bonds. The second kappa shape index (κ2) is 6.44. The molecule has 1 aliphatic heterocycles. The highest BCUT2D eigenvalue weighted by atomic mass is 16.2. The van der Waals surface area contributed by atoms with E-state index in [9.17, 15) is 9.59 Å². The van der Waals surface area contributed by atoms with E-state index in [-0.39, 0.29) is 18.5 Å². The van der Waals surface area contributed by atoms with Crippen LogP contribution >= 0.6 is 0 Å². The molecule has 1 saturated heterocycles. The lowest BCUT2D eigenvalue weighted by molar-refractivity contribution is -0.119. The summed E-state index contributed by atoms with van der Waals surface area (Å²) in [6.07, 6.45) is 2.52. The maximum absolute atomic E-state index is 11.1. The fraction of sp³-hybridized carbons (Fsp3) is 0.800. The van der Waals surface area contributed by atoms with Crippen molar-refractivity contribution in [3.05, 3.63) is 0 Å². The fourth-order valence-electron chi connectivity index (χ4n) is 1.87. The first-order chi connectivity index (χ1) is 7.58. The second-order valence-electron chi connectivity index (χ2n) is 4.20. The number of urea groups is 1. The van der Waals surface area contributed by atoms with E-state index in [1.54, 1.807) is 0 Å². The SMILES string of the molecule is CC(CN1CCCC1)NCC(=O)NC(N)=O. The molecular formula is C10H20N4O2. The number of nitrogens with two attached hydrogens (primary N) is 1. The molecule has 0 aromatic rings. The predicted octanol–water partition coefficient (Wildman–Crippen LogP) is -0.745. The average Bonchev–Trinajstić information content (AvgIpc) is 2.66. The average molecular weight is 228 g/mol. The maximum Gasteiger partial charge on any atom is 0.318 e. The quantitative estimate of drug-likeness (QED) is 0.578. The Labute approximate surface area is 95.5 Å². The van der Waals surface area contributed by atoms with Crippen LogP contribution in [0, 0.1) is 0 Å². The van der Waals surface area contributed by atoms with Crippen LogP contribution in [0.5, 0.6) is 0 Å². The molecule has 6 heteroatoms. The van der Waals surface area contributed by atoms with Gasteiger partial charge in [-0.05, 0) is 32.9 Å². The van der Waals surface area contributed by atoms with Gasteiger partial charge in [-0.25, -0.2) is 4.79 Å². The van der Waals surface area contributed by atoms with Crippen molar-refractivity contribution in [2.24, 2.45) is 5.73 Å². The molecule has 0 radical (unpaired) electrons. The summed E-state index contributed by atoms with van der Waals surface area (Å²) < 4.78 is 0. The van der Waals surface area contributed by atoms with E-state index in [4.69, 9.17) is 5.73 Å². The third-order valence-corrected chi connectivity index (χ3v) is 2.60. The summed E-state index contributed by atoms with van der Waals surface area (Å²) in [5, 5.41) is 5.07. The van der Waals surface area contributed by atoms with Gasteiger partial charge in [-0.1, -0.05) is 0 Å². The molecule has 1 heterocycles. The fourth-order valence-corrected chi connectivity index (χ4v) is 1.87. The third kappa shape index (κ3) is 5.09. The van der Waals surface area contributed by atoms with Crippen LogP contribution in [0.2, 0.25) is 0 Å². The van der Waals surface area contributed by atoms with Crippen LogP contribution in [-0.2, 0) is 4.79 Å². The highest BCUT2D eigenvalue weighted by Gasteiger charge is 2.14. The van der Waals surface area contributed by atoms with E-state index >= 15 is 0 Å². The maximum atomic E-state index is 11.1. The van der Waals surface area contributed by atoms with Gasteiger partial charge < -0.3 is 16.0 Å². The zero-order valence-corrected chi connectivity index (χ0v) is 9.66. The number of hydrogen-bond acceptors (Lipinski definition) is 4. The van der Waals surface area contributed by atoms with Crippen LogP contribution in [0.3, 0.4) is 0 Å². The Hall–Kier alpha value is -1.14. The standard InChI is InChI=1S/C10H20N4O2/c1-8(7-14-4-2-3-5-14)12-6-9(15)13-10(11)16/h8,12H,2-7H2,1H3,(H3,11,13,15,16). The van der Waals surface area contributed by atoms with Crippen molar-refractivity contribution in [1.29, 1.82) is 0 Å². The van der Waals surface area contributed by atoms with Crippen LogP contribution in [0.25, 0.3) is 0 Å². The first-order valence-electron chi connectivity index (χ1n) is 5.63. The van der Waals surface area contributed by atoms with Gasteiger partial charge >= 0.3 is 6.03 Å². The van der Waals surface area contributed by atoms with Gasteiger partial charge in [0.05, 0.1) is 6.54 Å². The third-order valence-electron chi connectivity index (χ3n) is 2.60. The molecule has 0 aromatic heterocycles. The Morgan fingerprint density at radius 2 is 2.00 bits per heavy atom. The molecule has 0 bridgehead atoms. The van der Waals surface area contributed by atoms with Crippen molar-refractivity contribution in [3.8, 4) is 0 Å². The van der Waals surface area contributed by atoms with E-state index < -0.39 is 6.03 Å². The number of carbonyl (C=O) groups is 2. The van der Waals surface area contributed by atoms with Gasteiger partial charge in [0.2, 0.25) is 5.91 Å². The molecule has 0 saturated carbocycles. The summed E-state index contributed by atoms with van der Waals surface area (Å²) in [5.74, 6) is -0.388. The molecule has 1 rings (SSSR count). The molecule has 0 aliphatic carbocycles. The van der Waals surface area contributed by atoms with Crippen LogP contribution < -0.4 is 16.4 Å². The number of hydrogen-bond donors (Lipinski definition) is 3. The Morgan fingerprint density at radius 3 is 2.56 bits per heavy atom. The molecule has 16 heavy (non-hydrogen) atoms. The molecular weight excluding hydrogens is 208 g/mol. The molecule has 1 fully saturated rings. The highest BCUT2D eigenvalue weighted by molar-refractivity contribution is 5.94. The highest BCUT2D eigenvalue weighted by Crippen LogP contribution is 2.07. The van der Waals surface area contributed by atoms with Crippen molar-refractivity contribution in [2.45, 2.75) is 25.8 Å². The Bertz CT molecular complexity index is 251. The molecule has 4 N–H and O–H groups in total. The summed E-state index contributed by atoms with van der Waals surface area (Å²) in [7, 11) is 0. The minimum atomic E-state index is -0.806. The number of primary amides is 1. The number of carbonyl (C=O) groups excluding carboxylic acids is 2. The molecule has 92 valence electrons. The van der Waals surface area contributed by atoms with Crippen molar-refractivity contribution >= 4 is 11.9 Å². The van der Waals surface area contributed by atoms with Crippen LogP contribution in [-0.4, -0.2) is 49.1 Å². The zero-order valence-electron chi connectivity index (χ0n) is 9.66. The molecule has 1 aliphatic rings. The lowest BCUT2D eigenvalue weighted by Crippen LogP contribution is -2.45. The van der Waals surface area contributed by atoms with E-state index in [0.717, 1.165) is 19.6 Å². The smallest absolute Gasteiger partial charge is 0.318 e. The summed E-state index contributed by atoms with van der Waals surface area (Å²) in [6.45, 7) is 5.36. The number of nitrogens with one attached hydrogen (secondary N) is 2. The summed E-state index contributed by atoms with van der Waals surface area (Å²) in [6, 6.07) is -0.573. The van der Waals surface area contributed by atoms with E-state index in [2.05, 4.69) is 10.2 Å². The van der Waals surface area contributed by atoms with Crippen LogP contribution in [0.1, 0.15) is 19.8 Å². The van der Waals surface area contributed by atoms with Gasteiger partial charge in [0.1, 0.15) is 0 Å². The Balaban J connectivity index is 2.11. The molecule has 0 spiro atoms. The normalized spacial score (nSPS) is 18.3. The second-order valence-corrected chi connectivity index (χ2v) is 4.20. The number of imide groups is 1. The molecule has 0 aromatic carbocycles. The van der Waals surface area contributed by atoms with Gasteiger partial charge in [-0.3, -0.25) is 10.1 Å². The van der Waals surface area contributed by atoms with Crippen molar-refractivity contribution in [2.75, 3.05) is 26.2 Å². The lowest BCUT2D eigenvalue weighted by Gasteiger charge is -2.20. The molecule has 6 nitrogen and oxygen atoms in total. The first kappa shape index (κ1) is 12.9. The number of nitrogens with zero attached hydrogens (tertiary/aromatic N) is 1. The van der Waals surface area contributed by atoms with E-state index in [1.807, 2.05) is 12.2 Å². The largest absolute Gasteiger partial charge is 0.351 e. The number of amides is 3. The van der Waals surface area contributed by atoms with Crippen molar-refractivity contribution < 1.29 is 9.59 Å². The summed E-state index contributed by atoms with van der Waals surface area (Å²) >= 11 is 0. The van der Waals surface area contributed by atoms with E-state index in [0.29, 0.717) is 0 Å². The van der Waals surface area contributed by atoms with Crippen LogP contribution in [0.15, 0.2) is 0 Å². The number of rotatable bonds is 5. The monoisotopic (exact) mass is 228 g/mol. The Morgan fingerprint density at radius 1 is 1.38 bits per heavy atom. The summed E-state index contributed by atoms with van der Waals surface area (Å²) in [4.78, 5) is 23.9. The topological polar surface area (TPSA) is 87.5 Å². The predicted molar refractivity (Wildman–Crippen MR) is 60.9 cm³/mol. The van der Waals surface area contributed by atoms with Gasteiger partial charge in [0.15, 0.2) is 0 Å². The minimum Gasteiger partial charge on any atom is -0.351 e. The van der Waals surface area contributed by atoms with Crippen molar-refractivity contribution in [1.82, 2.24) is 15.5 Å². The van der Waals surface area contributed by atoms with E-state index in [1.165, 1.54) is 12.8 Å². The minimum absolute atomic E-state index is 0.123. The van der Waals surface area contributed by atoms with Gasteiger partial charge in [-0.2, -0.15) is 0 Å². The zero-order chi connectivity index (χ0) is 12.0. The van der Waals surface area contributed by atoms with Gasteiger partial charge in [0, 0.05) is 12.6 Å². The molecule has 1 atom stereocenters. The van der Waals surface area contributed by atoms with Crippen molar-refractivity contribution in [3.63, 3.8) is 0 Å².